The van der Waals surface area contributed by atoms with Gasteiger partial charge in [-0.1, -0.05) is 48.5 Å². The molecule has 0 aromatic heterocycles. The number of carbonyl (C=O) groups excluding carboxylic acids is 1. The second-order valence-electron chi connectivity index (χ2n) is 4.91. The second kappa shape index (κ2) is 6.22. The maximum absolute atomic E-state index is 13.1. The zero-order chi connectivity index (χ0) is 15.4. The van der Waals surface area contributed by atoms with Crippen molar-refractivity contribution in [1.82, 2.24) is 0 Å². The minimum atomic E-state index is -0.424. The monoisotopic (exact) mass is 291 g/mol. The van der Waals surface area contributed by atoms with Crippen LogP contribution in [0.15, 0.2) is 78.9 Å². The van der Waals surface area contributed by atoms with Gasteiger partial charge in [-0.2, -0.15) is 0 Å². The summed E-state index contributed by atoms with van der Waals surface area (Å²) in [5.41, 5.74) is 3.16. The molecular formula is C19H14FNO. The van der Waals surface area contributed by atoms with Gasteiger partial charge in [0.2, 0.25) is 0 Å². The van der Waals surface area contributed by atoms with Gasteiger partial charge in [0, 0.05) is 11.3 Å². The van der Waals surface area contributed by atoms with Crippen molar-refractivity contribution in [2.75, 3.05) is 5.32 Å². The summed E-state index contributed by atoms with van der Waals surface area (Å²) in [5.74, 6) is -0.751. The molecule has 108 valence electrons. The molecule has 0 aliphatic heterocycles. The number of nitrogens with one attached hydrogen (secondary N) is 1. The summed E-state index contributed by atoms with van der Waals surface area (Å²) in [7, 11) is 0. The topological polar surface area (TPSA) is 29.1 Å². The lowest BCUT2D eigenvalue weighted by Crippen LogP contribution is -2.11. The molecular weight excluding hydrogens is 277 g/mol. The molecule has 0 fully saturated rings. The summed E-state index contributed by atoms with van der Waals surface area (Å²) >= 11 is 0. The first-order chi connectivity index (χ1) is 10.7. The summed E-state index contributed by atoms with van der Waals surface area (Å²) in [6.07, 6.45) is 0. The first-order valence-corrected chi connectivity index (χ1v) is 6.95. The van der Waals surface area contributed by atoms with E-state index in [1.54, 1.807) is 6.07 Å². The maximum Gasteiger partial charge on any atom is 0.255 e. The molecule has 1 amide bonds. The molecule has 3 aromatic rings. The van der Waals surface area contributed by atoms with Gasteiger partial charge >= 0.3 is 0 Å². The third kappa shape index (κ3) is 3.20. The quantitative estimate of drug-likeness (QED) is 0.741. The number of hydrogen-bond donors (Lipinski definition) is 1. The molecule has 2 nitrogen and oxygen atoms in total. The minimum Gasteiger partial charge on any atom is -0.322 e. The highest BCUT2D eigenvalue weighted by Crippen LogP contribution is 2.21. The third-order valence-electron chi connectivity index (χ3n) is 3.34. The fraction of sp³-hybridized carbons (Fsp3) is 0. The van der Waals surface area contributed by atoms with Crippen molar-refractivity contribution in [3.8, 4) is 11.1 Å². The summed E-state index contributed by atoms with van der Waals surface area (Å²) in [6, 6.07) is 23.2. The summed E-state index contributed by atoms with van der Waals surface area (Å²) in [6.45, 7) is 0. The van der Waals surface area contributed by atoms with E-state index in [2.05, 4.69) is 5.32 Å². The number of halogens is 1. The maximum atomic E-state index is 13.1. The van der Waals surface area contributed by atoms with Gasteiger partial charge in [0.25, 0.3) is 5.91 Å². The van der Waals surface area contributed by atoms with Crippen LogP contribution in [0.3, 0.4) is 0 Å². The smallest absolute Gasteiger partial charge is 0.255 e. The summed E-state index contributed by atoms with van der Waals surface area (Å²) < 4.78 is 13.1. The molecule has 0 saturated heterocycles. The lowest BCUT2D eigenvalue weighted by molar-refractivity contribution is 0.102. The van der Waals surface area contributed by atoms with Crippen molar-refractivity contribution in [1.29, 1.82) is 0 Å². The van der Waals surface area contributed by atoms with E-state index in [4.69, 9.17) is 0 Å². The van der Waals surface area contributed by atoms with Gasteiger partial charge in [0.05, 0.1) is 0 Å². The molecule has 3 heteroatoms. The molecule has 0 heterocycles. The van der Waals surface area contributed by atoms with Crippen LogP contribution in [0.4, 0.5) is 10.1 Å². The van der Waals surface area contributed by atoms with Gasteiger partial charge in [-0.15, -0.1) is 0 Å². The van der Waals surface area contributed by atoms with Crippen LogP contribution >= 0.6 is 0 Å². The van der Waals surface area contributed by atoms with E-state index in [1.807, 2.05) is 54.6 Å². The van der Waals surface area contributed by atoms with Gasteiger partial charge in [0.1, 0.15) is 5.82 Å². The van der Waals surface area contributed by atoms with Crippen molar-refractivity contribution in [3.63, 3.8) is 0 Å². The Hall–Kier alpha value is -2.94. The van der Waals surface area contributed by atoms with Gasteiger partial charge in [0.15, 0.2) is 0 Å². The van der Waals surface area contributed by atoms with Crippen LogP contribution in [0.2, 0.25) is 0 Å². The Balaban J connectivity index is 1.75. The Morgan fingerprint density at radius 3 is 2.14 bits per heavy atom. The molecule has 0 spiro atoms. The van der Waals surface area contributed by atoms with Gasteiger partial charge in [-0.3, -0.25) is 4.79 Å². The predicted molar refractivity (Wildman–Crippen MR) is 86.2 cm³/mol. The third-order valence-corrected chi connectivity index (χ3v) is 3.34. The molecule has 0 aliphatic rings. The van der Waals surface area contributed by atoms with Crippen LogP contribution in [-0.4, -0.2) is 5.91 Å². The average molecular weight is 291 g/mol. The fourth-order valence-electron chi connectivity index (χ4n) is 2.21. The average Bonchev–Trinajstić information content (AvgIpc) is 2.56. The van der Waals surface area contributed by atoms with Crippen molar-refractivity contribution < 1.29 is 9.18 Å². The second-order valence-corrected chi connectivity index (χ2v) is 4.91. The molecule has 0 aliphatic carbocycles. The summed E-state index contributed by atoms with van der Waals surface area (Å²) in [4.78, 5) is 12.0. The fourth-order valence-corrected chi connectivity index (χ4v) is 2.21. The zero-order valence-electron chi connectivity index (χ0n) is 11.8. The molecule has 0 bridgehead atoms. The van der Waals surface area contributed by atoms with Crippen molar-refractivity contribution in [2.24, 2.45) is 0 Å². The minimum absolute atomic E-state index is 0.298. The molecule has 0 unspecified atom stereocenters. The number of carbonyl (C=O) groups is 1. The van der Waals surface area contributed by atoms with E-state index in [0.29, 0.717) is 11.3 Å². The van der Waals surface area contributed by atoms with Crippen molar-refractivity contribution in [2.45, 2.75) is 0 Å². The number of benzene rings is 3. The Labute approximate surface area is 128 Å². The highest BCUT2D eigenvalue weighted by atomic mass is 19.1. The van der Waals surface area contributed by atoms with Crippen LogP contribution in [-0.2, 0) is 0 Å². The normalized spacial score (nSPS) is 10.2. The highest BCUT2D eigenvalue weighted by Gasteiger charge is 2.07. The van der Waals surface area contributed by atoms with Crippen LogP contribution < -0.4 is 5.32 Å². The molecule has 22 heavy (non-hydrogen) atoms. The van der Waals surface area contributed by atoms with E-state index in [-0.39, 0.29) is 5.91 Å². The van der Waals surface area contributed by atoms with Gasteiger partial charge in [-0.25, -0.2) is 4.39 Å². The van der Waals surface area contributed by atoms with Crippen LogP contribution in [0.1, 0.15) is 10.4 Å². The first kappa shape index (κ1) is 14.0. The lowest BCUT2D eigenvalue weighted by Gasteiger charge is -2.07. The van der Waals surface area contributed by atoms with E-state index < -0.39 is 5.82 Å². The SMILES string of the molecule is O=C(Nc1ccc(-c2ccccc2)cc1)c1cccc(F)c1. The summed E-state index contributed by atoms with van der Waals surface area (Å²) in [5, 5.41) is 2.76. The molecule has 3 rings (SSSR count). The first-order valence-electron chi connectivity index (χ1n) is 6.95. The van der Waals surface area contributed by atoms with Crippen molar-refractivity contribution >= 4 is 11.6 Å². The Bertz CT molecular complexity index is 782. The van der Waals surface area contributed by atoms with Gasteiger partial charge < -0.3 is 5.32 Å². The lowest BCUT2D eigenvalue weighted by atomic mass is 10.1. The Morgan fingerprint density at radius 2 is 1.45 bits per heavy atom. The predicted octanol–water partition coefficient (Wildman–Crippen LogP) is 4.75. The number of hydrogen-bond acceptors (Lipinski definition) is 1. The highest BCUT2D eigenvalue weighted by molar-refractivity contribution is 6.04. The molecule has 0 atom stereocenters. The number of amides is 1. The van der Waals surface area contributed by atoms with Crippen LogP contribution in [0.25, 0.3) is 11.1 Å². The zero-order valence-corrected chi connectivity index (χ0v) is 11.8. The van der Waals surface area contributed by atoms with E-state index in [9.17, 15) is 9.18 Å². The Kier molecular flexibility index (Phi) is 3.97. The van der Waals surface area contributed by atoms with E-state index in [1.165, 1.54) is 18.2 Å². The standard InChI is InChI=1S/C19H14FNO/c20-17-8-4-7-16(13-17)19(22)21-18-11-9-15(10-12-18)14-5-2-1-3-6-14/h1-13H,(H,21,22). The van der Waals surface area contributed by atoms with Crippen molar-refractivity contribution in [3.05, 3.63) is 90.2 Å². The molecule has 1 N–H and O–H groups in total. The molecule has 0 radical (unpaired) electrons. The van der Waals surface area contributed by atoms with Crippen LogP contribution in [0, 0.1) is 5.82 Å². The largest absolute Gasteiger partial charge is 0.322 e. The molecule has 0 saturated carbocycles. The van der Waals surface area contributed by atoms with Gasteiger partial charge in [-0.05, 0) is 41.5 Å². The number of anilines is 1. The number of rotatable bonds is 3. The van der Waals surface area contributed by atoms with Crippen LogP contribution in [0.5, 0.6) is 0 Å². The Morgan fingerprint density at radius 1 is 0.773 bits per heavy atom. The van der Waals surface area contributed by atoms with E-state index >= 15 is 0 Å². The van der Waals surface area contributed by atoms with E-state index in [0.717, 1.165) is 11.1 Å². The molecule has 3 aromatic carbocycles.